The summed E-state index contributed by atoms with van der Waals surface area (Å²) in [4.78, 5) is 13.9. The second-order valence-electron chi connectivity index (χ2n) is 7.03. The van der Waals surface area contributed by atoms with Gasteiger partial charge in [0, 0.05) is 30.7 Å². The fraction of sp³-hybridized carbons (Fsp3) is 0.688. The second kappa shape index (κ2) is 4.92. The minimum Gasteiger partial charge on any atom is -0.443 e. The molecule has 1 N–H and O–H groups in total. The minimum atomic E-state index is -0.439. The Hall–Kier alpha value is -1.29. The molecule has 0 radical (unpaired) electrons. The summed E-state index contributed by atoms with van der Waals surface area (Å²) in [6, 6.07) is 0.869. The topological polar surface area (TPSA) is 41.6 Å². The van der Waals surface area contributed by atoms with Crippen LogP contribution in [0.5, 0.6) is 0 Å². The van der Waals surface area contributed by atoms with E-state index >= 15 is 0 Å². The molecule has 1 amide bonds. The molecular formula is C16H24N2O2. The van der Waals surface area contributed by atoms with Crippen molar-refractivity contribution in [2.24, 2.45) is 11.8 Å². The van der Waals surface area contributed by atoms with E-state index < -0.39 is 5.60 Å². The maximum Gasteiger partial charge on any atom is 0.414 e. The molecule has 110 valence electrons. The summed E-state index contributed by atoms with van der Waals surface area (Å²) in [5.74, 6) is 1.14. The van der Waals surface area contributed by atoms with E-state index in [-0.39, 0.29) is 6.09 Å². The lowest BCUT2D eigenvalue weighted by Gasteiger charge is -2.34. The number of allylic oxidation sites excluding steroid dienone is 1. The summed E-state index contributed by atoms with van der Waals surface area (Å²) in [5.41, 5.74) is -0.439. The lowest BCUT2D eigenvalue weighted by Crippen LogP contribution is -2.43. The van der Waals surface area contributed by atoms with Crippen LogP contribution in [0.15, 0.2) is 24.4 Å². The average Bonchev–Trinajstić information content (AvgIpc) is 2.74. The molecule has 2 aliphatic heterocycles. The summed E-state index contributed by atoms with van der Waals surface area (Å²) >= 11 is 0. The van der Waals surface area contributed by atoms with Gasteiger partial charge in [-0.1, -0.05) is 18.2 Å². The number of ether oxygens (including phenoxy) is 1. The number of amides is 1. The smallest absolute Gasteiger partial charge is 0.414 e. The van der Waals surface area contributed by atoms with Gasteiger partial charge in [-0.15, -0.1) is 0 Å². The van der Waals surface area contributed by atoms with E-state index in [4.69, 9.17) is 4.74 Å². The lowest BCUT2D eigenvalue weighted by atomic mass is 9.80. The molecule has 1 fully saturated rings. The minimum absolute atomic E-state index is 0.234. The molecule has 0 spiro atoms. The fourth-order valence-electron chi connectivity index (χ4n) is 3.51. The Balaban J connectivity index is 1.69. The molecule has 4 nitrogen and oxygen atoms in total. The predicted octanol–water partition coefficient (Wildman–Crippen LogP) is 2.67. The van der Waals surface area contributed by atoms with Gasteiger partial charge in [0.2, 0.25) is 0 Å². The SMILES string of the molecule is CC(C)(C)OC(=O)N1C=CC2NC3C=CCCC3C2C1. The highest BCUT2D eigenvalue weighted by molar-refractivity contribution is 5.69. The zero-order valence-corrected chi connectivity index (χ0v) is 12.5. The van der Waals surface area contributed by atoms with Gasteiger partial charge in [-0.3, -0.25) is 4.90 Å². The van der Waals surface area contributed by atoms with Crippen LogP contribution in [-0.4, -0.2) is 35.2 Å². The van der Waals surface area contributed by atoms with Gasteiger partial charge in [0.15, 0.2) is 0 Å². The van der Waals surface area contributed by atoms with Crippen LogP contribution in [0.1, 0.15) is 33.6 Å². The van der Waals surface area contributed by atoms with Crippen molar-refractivity contribution in [1.82, 2.24) is 10.2 Å². The zero-order valence-electron chi connectivity index (χ0n) is 12.5. The Morgan fingerprint density at radius 3 is 2.75 bits per heavy atom. The first-order chi connectivity index (χ1) is 9.44. The van der Waals surface area contributed by atoms with Crippen molar-refractivity contribution in [3.63, 3.8) is 0 Å². The number of nitrogens with one attached hydrogen (secondary N) is 1. The summed E-state index contributed by atoms with van der Waals surface area (Å²) in [6.45, 7) is 6.47. The Labute approximate surface area is 120 Å². The standard InChI is InChI=1S/C16H24N2O2/c1-16(2,3)20-15(19)18-9-8-14-12(10-18)11-6-4-5-7-13(11)17-14/h5,7-9,11-14,17H,4,6,10H2,1-3H3. The molecule has 4 atom stereocenters. The number of hydrogen-bond donors (Lipinski definition) is 1. The largest absolute Gasteiger partial charge is 0.443 e. The predicted molar refractivity (Wildman–Crippen MR) is 78.1 cm³/mol. The molecular weight excluding hydrogens is 252 g/mol. The molecule has 20 heavy (non-hydrogen) atoms. The van der Waals surface area contributed by atoms with Crippen LogP contribution in [0.4, 0.5) is 4.79 Å². The fourth-order valence-corrected chi connectivity index (χ4v) is 3.51. The highest BCUT2D eigenvalue weighted by Crippen LogP contribution is 2.37. The molecule has 0 aromatic rings. The van der Waals surface area contributed by atoms with Crippen LogP contribution in [0, 0.1) is 11.8 Å². The average molecular weight is 276 g/mol. The van der Waals surface area contributed by atoms with Gasteiger partial charge in [0.1, 0.15) is 5.60 Å². The summed E-state index contributed by atoms with van der Waals surface area (Å²) in [7, 11) is 0. The number of carbonyl (C=O) groups is 1. The van der Waals surface area contributed by atoms with E-state index in [1.54, 1.807) is 4.90 Å². The molecule has 1 aliphatic carbocycles. The third kappa shape index (κ3) is 2.62. The Kier molecular flexibility index (Phi) is 3.36. The monoisotopic (exact) mass is 276 g/mol. The van der Waals surface area contributed by atoms with Crippen LogP contribution in [0.2, 0.25) is 0 Å². The van der Waals surface area contributed by atoms with Gasteiger partial charge in [0.05, 0.1) is 0 Å². The molecule has 1 saturated heterocycles. The molecule has 4 heteroatoms. The number of fused-ring (bicyclic) bond motifs is 3. The van der Waals surface area contributed by atoms with Crippen molar-refractivity contribution in [2.75, 3.05) is 6.54 Å². The first kappa shape index (κ1) is 13.7. The maximum atomic E-state index is 12.2. The molecule has 0 saturated carbocycles. The number of hydrogen-bond acceptors (Lipinski definition) is 3. The van der Waals surface area contributed by atoms with E-state index in [1.807, 2.05) is 27.0 Å². The van der Waals surface area contributed by atoms with Crippen LogP contribution in [-0.2, 0) is 4.74 Å². The van der Waals surface area contributed by atoms with Crippen LogP contribution in [0.3, 0.4) is 0 Å². The van der Waals surface area contributed by atoms with Gasteiger partial charge in [-0.2, -0.15) is 0 Å². The quantitative estimate of drug-likeness (QED) is 0.692. The van der Waals surface area contributed by atoms with Crippen LogP contribution in [0.25, 0.3) is 0 Å². The summed E-state index contributed by atoms with van der Waals surface area (Å²) in [5, 5.41) is 3.65. The van der Waals surface area contributed by atoms with Crippen molar-refractivity contribution < 1.29 is 9.53 Å². The van der Waals surface area contributed by atoms with Gasteiger partial charge >= 0.3 is 6.09 Å². The van der Waals surface area contributed by atoms with Gasteiger partial charge < -0.3 is 10.1 Å². The third-order valence-corrected chi connectivity index (χ3v) is 4.38. The molecule has 3 aliphatic rings. The van der Waals surface area contributed by atoms with Gasteiger partial charge in [-0.05, 0) is 39.5 Å². The summed E-state index contributed by atoms with van der Waals surface area (Å²) in [6.07, 6.45) is 10.7. The Morgan fingerprint density at radius 1 is 1.25 bits per heavy atom. The van der Waals surface area contributed by atoms with Crippen molar-refractivity contribution in [3.8, 4) is 0 Å². The van der Waals surface area contributed by atoms with E-state index in [2.05, 4.69) is 23.5 Å². The molecule has 4 unspecified atom stereocenters. The summed E-state index contributed by atoms with van der Waals surface area (Å²) < 4.78 is 5.46. The normalized spacial score (nSPS) is 35.6. The molecule has 0 aromatic heterocycles. The molecule has 3 rings (SSSR count). The maximum absolute atomic E-state index is 12.2. The Bertz CT molecular complexity index is 450. The van der Waals surface area contributed by atoms with Gasteiger partial charge in [-0.25, -0.2) is 4.79 Å². The molecule has 0 bridgehead atoms. The number of nitrogens with zero attached hydrogens (tertiary/aromatic N) is 1. The number of rotatable bonds is 0. The van der Waals surface area contributed by atoms with Crippen molar-refractivity contribution >= 4 is 6.09 Å². The van der Waals surface area contributed by atoms with E-state index in [0.717, 1.165) is 13.0 Å². The molecule has 0 aromatic carbocycles. The molecule has 2 heterocycles. The first-order valence-electron chi connectivity index (χ1n) is 7.55. The van der Waals surface area contributed by atoms with E-state index in [9.17, 15) is 4.79 Å². The Morgan fingerprint density at radius 2 is 2.00 bits per heavy atom. The van der Waals surface area contributed by atoms with Crippen LogP contribution >= 0.6 is 0 Å². The highest BCUT2D eigenvalue weighted by atomic mass is 16.6. The first-order valence-corrected chi connectivity index (χ1v) is 7.55. The van der Waals surface area contributed by atoms with Crippen molar-refractivity contribution in [2.45, 2.75) is 51.3 Å². The second-order valence-corrected chi connectivity index (χ2v) is 7.03. The lowest BCUT2D eigenvalue weighted by molar-refractivity contribution is 0.0286. The van der Waals surface area contributed by atoms with E-state index in [1.165, 1.54) is 6.42 Å². The van der Waals surface area contributed by atoms with E-state index in [0.29, 0.717) is 23.9 Å². The highest BCUT2D eigenvalue weighted by Gasteiger charge is 2.44. The van der Waals surface area contributed by atoms with Gasteiger partial charge in [0.25, 0.3) is 0 Å². The third-order valence-electron chi connectivity index (χ3n) is 4.38. The van der Waals surface area contributed by atoms with Crippen molar-refractivity contribution in [3.05, 3.63) is 24.4 Å². The number of carbonyl (C=O) groups excluding carboxylic acids is 1. The van der Waals surface area contributed by atoms with Crippen LogP contribution < -0.4 is 5.32 Å². The zero-order chi connectivity index (χ0) is 14.3. The van der Waals surface area contributed by atoms with Crippen molar-refractivity contribution in [1.29, 1.82) is 0 Å².